The lowest BCUT2D eigenvalue weighted by molar-refractivity contribution is -0.259. The first kappa shape index (κ1) is 59.7. The maximum Gasteiger partial charge on any atom is 0.421 e. The number of nitrogens with one attached hydrogen (secondary N) is 2. The Morgan fingerprint density at radius 1 is 0.412 bits per heavy atom. The van der Waals surface area contributed by atoms with Crippen molar-refractivity contribution in [3.05, 3.63) is 142 Å². The molecule has 0 aliphatic heterocycles. The van der Waals surface area contributed by atoms with Gasteiger partial charge < -0.3 is 29.9 Å². The number of hydrogen-bond donors (Lipinski definition) is 8. The van der Waals surface area contributed by atoms with Crippen LogP contribution in [0.3, 0.4) is 0 Å². The predicted molar refractivity (Wildman–Crippen MR) is 214 cm³/mol. The second-order valence-electron chi connectivity index (χ2n) is 14.5. The van der Waals surface area contributed by atoms with E-state index < -0.39 is 93.1 Å². The Bertz CT molecular complexity index is 2040. The number of nitrogens with two attached hydrogens (primary N) is 2. The van der Waals surface area contributed by atoms with Gasteiger partial charge in [0.25, 0.3) is 11.8 Å². The van der Waals surface area contributed by atoms with E-state index in [2.05, 4.69) is 9.47 Å². The lowest BCUT2D eigenvalue weighted by Crippen LogP contribution is -2.39. The Morgan fingerprint density at radius 2 is 0.603 bits per heavy atom. The van der Waals surface area contributed by atoms with Crippen LogP contribution in [0.25, 0.3) is 0 Å². The minimum atomic E-state index is -4.83. The van der Waals surface area contributed by atoms with Crippen molar-refractivity contribution >= 4 is 23.8 Å². The second kappa shape index (κ2) is 22.7. The fourth-order valence-electron chi connectivity index (χ4n) is 4.88. The average Bonchev–Trinajstić information content (AvgIpc) is 3.27. The lowest BCUT2D eigenvalue weighted by atomic mass is 9.94. The number of benzene rings is 4. The van der Waals surface area contributed by atoms with Gasteiger partial charge in [-0.2, -0.15) is 52.7 Å². The number of ether oxygens (including phenoxy) is 2. The largest absolute Gasteiger partial charge is 0.465 e. The van der Waals surface area contributed by atoms with Gasteiger partial charge in [0.05, 0.1) is 25.3 Å². The van der Waals surface area contributed by atoms with E-state index in [0.717, 1.165) is 62.8 Å². The maximum absolute atomic E-state index is 12.6. The quantitative estimate of drug-likeness (QED) is 0.0306. The van der Waals surface area contributed by atoms with Gasteiger partial charge >= 0.3 is 36.6 Å². The molecule has 0 aliphatic carbocycles. The molecule has 0 radical (unpaired) electrons. The molecule has 0 aromatic heterocycles. The molecule has 2 amide bonds. The van der Waals surface area contributed by atoms with Gasteiger partial charge in [0.15, 0.2) is 22.4 Å². The summed E-state index contributed by atoms with van der Waals surface area (Å²) in [5.74, 6) is 6.75. The van der Waals surface area contributed by atoms with E-state index in [4.69, 9.17) is 11.7 Å². The molecule has 4 aromatic rings. The Labute approximate surface area is 378 Å². The summed E-state index contributed by atoms with van der Waals surface area (Å²) in [6, 6.07) is 18.3. The minimum absolute atomic E-state index is 0.0467. The number of hydrazine groups is 2. The highest BCUT2D eigenvalue weighted by Crippen LogP contribution is 2.41. The summed E-state index contributed by atoms with van der Waals surface area (Å²) >= 11 is 0. The van der Waals surface area contributed by atoms with Crippen LogP contribution in [0, 0.1) is 0 Å². The topological polar surface area (TPSA) is 244 Å². The van der Waals surface area contributed by atoms with Crippen LogP contribution >= 0.6 is 0 Å². The van der Waals surface area contributed by atoms with Crippen LogP contribution in [0.4, 0.5) is 52.7 Å². The summed E-state index contributed by atoms with van der Waals surface area (Å²) < 4.78 is 160. The van der Waals surface area contributed by atoms with Gasteiger partial charge in [0, 0.05) is 11.1 Å². The number of methoxy groups -OCH3 is 2. The summed E-state index contributed by atoms with van der Waals surface area (Å²) in [5.41, 5.74) is -10.3. The first-order chi connectivity index (χ1) is 30.8. The number of aliphatic hydroxyl groups is 4. The van der Waals surface area contributed by atoms with Crippen LogP contribution in [0.1, 0.15) is 91.4 Å². The third kappa shape index (κ3) is 14.8. The van der Waals surface area contributed by atoms with Gasteiger partial charge in [-0.15, -0.1) is 0 Å². The number of hydrogen-bond acceptors (Lipinski definition) is 12. The van der Waals surface area contributed by atoms with E-state index in [1.807, 2.05) is 0 Å². The molecule has 68 heavy (non-hydrogen) atoms. The van der Waals surface area contributed by atoms with Crippen LogP contribution < -0.4 is 22.5 Å². The molecule has 376 valence electrons. The van der Waals surface area contributed by atoms with Crippen molar-refractivity contribution in [2.75, 3.05) is 14.2 Å². The number of carbonyl (C=O) groups is 4. The third-order valence-electron chi connectivity index (χ3n) is 9.54. The zero-order valence-electron chi connectivity index (χ0n) is 36.2. The molecule has 0 bridgehead atoms. The summed E-state index contributed by atoms with van der Waals surface area (Å²) in [5, 5.41) is 37.7. The Hall–Kier alpha value is -6.32. The summed E-state index contributed by atoms with van der Waals surface area (Å²) in [6.45, 7) is 2.49. The van der Waals surface area contributed by atoms with Crippen molar-refractivity contribution in [1.29, 1.82) is 0 Å². The monoisotopic (exact) mass is 992 g/mol. The standard InChI is InChI=1S/2C11H11F3O3.2C10H11F3N2O2/c2*1-10(16,11(12,13)14)8-5-3-4-7(6-8)9(15)17-2;2*1-9(17,10(11,12)13)7-4-2-3-6(5-7)8(16)15-14/h2*3-6,16H,1-2H3;2*2-5,17H,14H2,1H3,(H,15,16)/t2*10-;2*9-/m1010/s1. The number of rotatable bonds is 8. The predicted octanol–water partition coefficient (Wildman–Crippen LogP) is 6.61. The average molecular weight is 993 g/mol. The maximum atomic E-state index is 12.6. The number of amides is 2. The first-order valence-corrected chi connectivity index (χ1v) is 18.6. The van der Waals surface area contributed by atoms with Crippen LogP contribution in [-0.2, 0) is 31.9 Å². The zero-order valence-corrected chi connectivity index (χ0v) is 36.2. The van der Waals surface area contributed by atoms with Gasteiger partial charge in [-0.25, -0.2) is 21.3 Å². The molecular weight excluding hydrogens is 948 g/mol. The van der Waals surface area contributed by atoms with E-state index in [1.165, 1.54) is 48.5 Å². The molecule has 10 N–H and O–H groups in total. The number of halogens is 12. The molecule has 14 nitrogen and oxygen atoms in total. The van der Waals surface area contributed by atoms with Crippen LogP contribution in [-0.4, -0.2) is 83.1 Å². The van der Waals surface area contributed by atoms with Gasteiger partial charge in [-0.05, 0) is 98.5 Å². The van der Waals surface area contributed by atoms with Crippen molar-refractivity contribution in [2.24, 2.45) is 11.7 Å². The number of nitrogen functional groups attached to an aromatic ring is 2. The van der Waals surface area contributed by atoms with Crippen molar-refractivity contribution in [3.63, 3.8) is 0 Å². The van der Waals surface area contributed by atoms with Crippen molar-refractivity contribution < 1.29 is 102 Å². The summed E-state index contributed by atoms with van der Waals surface area (Å²) in [4.78, 5) is 44.6. The van der Waals surface area contributed by atoms with Gasteiger partial charge in [0.1, 0.15) is 0 Å². The molecule has 4 rings (SSSR count). The van der Waals surface area contributed by atoms with E-state index in [-0.39, 0.29) is 22.3 Å². The second-order valence-corrected chi connectivity index (χ2v) is 14.5. The SMILES string of the molecule is COC(=O)c1cccc([C@@](C)(O)C(F)(F)F)c1.COC(=O)c1cccc([C@](C)(O)C(F)(F)F)c1.C[C@@](O)(c1cccc(C(=O)NN)c1)C(F)(F)F.C[C@](O)(c1cccc(C(=O)NN)c1)C(F)(F)F. The number of carbonyl (C=O) groups excluding carboxylic acids is 4. The molecule has 0 aliphatic rings. The van der Waals surface area contributed by atoms with Gasteiger partial charge in [-0.3, -0.25) is 20.4 Å². The highest BCUT2D eigenvalue weighted by atomic mass is 19.4. The van der Waals surface area contributed by atoms with E-state index in [9.17, 15) is 92.3 Å². The molecular formula is C42H44F12N4O10. The molecule has 4 aromatic carbocycles. The first-order valence-electron chi connectivity index (χ1n) is 18.6. The molecule has 0 heterocycles. The van der Waals surface area contributed by atoms with E-state index >= 15 is 0 Å². The summed E-state index contributed by atoms with van der Waals surface area (Å²) in [6.07, 6.45) is -19.3. The summed E-state index contributed by atoms with van der Waals surface area (Å²) in [7, 11) is 2.24. The highest BCUT2D eigenvalue weighted by molar-refractivity contribution is 5.94. The third-order valence-corrected chi connectivity index (χ3v) is 9.54. The normalized spacial score (nSPS) is 15.2. The fourth-order valence-corrected chi connectivity index (χ4v) is 4.88. The van der Waals surface area contributed by atoms with Crippen molar-refractivity contribution in [3.8, 4) is 0 Å². The van der Waals surface area contributed by atoms with Crippen molar-refractivity contribution in [2.45, 2.75) is 74.8 Å². The van der Waals surface area contributed by atoms with Crippen LogP contribution in [0.2, 0.25) is 0 Å². The number of alkyl halides is 12. The van der Waals surface area contributed by atoms with Gasteiger partial charge in [0.2, 0.25) is 0 Å². The minimum Gasteiger partial charge on any atom is -0.465 e. The Kier molecular flexibility index (Phi) is 19.9. The van der Waals surface area contributed by atoms with E-state index in [1.54, 1.807) is 10.9 Å². The molecule has 0 saturated heterocycles. The highest BCUT2D eigenvalue weighted by Gasteiger charge is 2.53. The number of esters is 2. The molecule has 26 heteroatoms. The fraction of sp³-hybridized carbons (Fsp3) is 0.333. The Balaban J connectivity index is 0.000000453. The van der Waals surface area contributed by atoms with Gasteiger partial charge in [-0.1, -0.05) is 48.5 Å². The molecule has 0 unspecified atom stereocenters. The molecule has 0 spiro atoms. The molecule has 0 fully saturated rings. The van der Waals surface area contributed by atoms with Crippen LogP contribution in [0.5, 0.6) is 0 Å². The van der Waals surface area contributed by atoms with Crippen LogP contribution in [0.15, 0.2) is 97.1 Å². The Morgan fingerprint density at radius 3 is 0.779 bits per heavy atom. The van der Waals surface area contributed by atoms with Crippen molar-refractivity contribution in [1.82, 2.24) is 10.9 Å². The molecule has 0 saturated carbocycles. The molecule has 4 atom stereocenters. The zero-order chi connectivity index (χ0) is 53.1. The smallest absolute Gasteiger partial charge is 0.421 e. The lowest BCUT2D eigenvalue weighted by Gasteiger charge is -2.26. The van der Waals surface area contributed by atoms with E-state index in [0.29, 0.717) is 27.7 Å².